The maximum atomic E-state index is 13.7. The zero-order valence-corrected chi connectivity index (χ0v) is 11.7. The largest absolute Gasteiger partial charge is 0.386 e. The fourth-order valence-corrected chi connectivity index (χ4v) is 3.09. The number of halogens is 2. The zero-order valence-electron chi connectivity index (χ0n) is 11.7. The highest BCUT2D eigenvalue weighted by Crippen LogP contribution is 2.36. The summed E-state index contributed by atoms with van der Waals surface area (Å²) in [5.74, 6) is -2.96. The van der Waals surface area contributed by atoms with Gasteiger partial charge in [-0.25, -0.2) is 8.78 Å². The highest BCUT2D eigenvalue weighted by molar-refractivity contribution is 6.05. The summed E-state index contributed by atoms with van der Waals surface area (Å²) < 4.78 is 26.8. The Morgan fingerprint density at radius 2 is 1.73 bits per heavy atom. The fourth-order valence-electron chi connectivity index (χ4n) is 3.09. The Morgan fingerprint density at radius 3 is 2.32 bits per heavy atom. The minimum atomic E-state index is -1.45. The molecule has 1 saturated heterocycles. The monoisotopic (exact) mass is 307 g/mol. The minimum Gasteiger partial charge on any atom is -0.386 e. The van der Waals surface area contributed by atoms with Gasteiger partial charge in [0.05, 0.1) is 24.5 Å². The molecule has 3 atom stereocenters. The molecule has 1 fully saturated rings. The van der Waals surface area contributed by atoms with Crippen LogP contribution >= 0.6 is 0 Å². The van der Waals surface area contributed by atoms with Gasteiger partial charge in [-0.05, 0) is 31.0 Å². The molecule has 1 heterocycles. The van der Waals surface area contributed by atoms with Gasteiger partial charge in [-0.15, -0.1) is 0 Å². The van der Waals surface area contributed by atoms with Crippen LogP contribution in [-0.2, 0) is 9.59 Å². The molecule has 1 aromatic carbocycles. The van der Waals surface area contributed by atoms with E-state index in [-0.39, 0.29) is 23.9 Å². The number of β-amino-alcohol motifs (C(OH)–C–C–N with tert-alkyl or cyclic N) is 1. The third-order valence-electron chi connectivity index (χ3n) is 4.27. The minimum absolute atomic E-state index is 0.256. The van der Waals surface area contributed by atoms with Gasteiger partial charge < -0.3 is 5.11 Å². The summed E-state index contributed by atoms with van der Waals surface area (Å²) in [6.45, 7) is -0.356. The first-order valence-corrected chi connectivity index (χ1v) is 7.12. The number of allylic oxidation sites excluding steroid dienone is 2. The van der Waals surface area contributed by atoms with Crippen molar-refractivity contribution in [3.63, 3.8) is 0 Å². The van der Waals surface area contributed by atoms with Crippen molar-refractivity contribution in [1.29, 1.82) is 0 Å². The van der Waals surface area contributed by atoms with Crippen LogP contribution in [0.2, 0.25) is 0 Å². The Labute approximate surface area is 126 Å². The Morgan fingerprint density at radius 1 is 1.14 bits per heavy atom. The van der Waals surface area contributed by atoms with Crippen LogP contribution in [0.1, 0.15) is 24.5 Å². The van der Waals surface area contributed by atoms with Crippen molar-refractivity contribution in [1.82, 2.24) is 4.90 Å². The Bertz CT molecular complexity index is 633. The van der Waals surface area contributed by atoms with Crippen molar-refractivity contribution in [2.24, 2.45) is 11.8 Å². The number of benzene rings is 1. The molecule has 2 aliphatic rings. The Kier molecular flexibility index (Phi) is 3.78. The van der Waals surface area contributed by atoms with Crippen LogP contribution in [0.5, 0.6) is 0 Å². The third-order valence-corrected chi connectivity index (χ3v) is 4.27. The molecule has 2 amide bonds. The molecule has 1 aliphatic heterocycles. The molecular formula is C16H15F2NO3. The molecule has 6 heteroatoms. The van der Waals surface area contributed by atoms with Crippen LogP contribution in [0.15, 0.2) is 30.4 Å². The number of fused-ring (bicyclic) bond motifs is 1. The standard InChI is InChI=1S/C16H15F2NO3/c17-9-5-6-13(18)12(7-9)14(20)8-19-15(21)10-3-1-2-4-11(10)16(19)22/h1-2,5-7,10-11,14,20H,3-4,8H2. The number of carbonyl (C=O) groups excluding carboxylic acids is 2. The predicted molar refractivity (Wildman–Crippen MR) is 73.4 cm³/mol. The molecule has 0 radical (unpaired) electrons. The summed E-state index contributed by atoms with van der Waals surface area (Å²) in [6.07, 6.45) is 3.26. The van der Waals surface area contributed by atoms with Gasteiger partial charge in [-0.1, -0.05) is 12.2 Å². The van der Waals surface area contributed by atoms with Crippen LogP contribution in [0.4, 0.5) is 8.78 Å². The molecule has 1 N–H and O–H groups in total. The van der Waals surface area contributed by atoms with E-state index in [1.54, 1.807) is 0 Å². The molecule has 4 nitrogen and oxygen atoms in total. The molecule has 1 aliphatic carbocycles. The molecule has 0 saturated carbocycles. The summed E-state index contributed by atoms with van der Waals surface area (Å²) in [4.78, 5) is 25.5. The van der Waals surface area contributed by atoms with E-state index in [2.05, 4.69) is 0 Å². The smallest absolute Gasteiger partial charge is 0.233 e. The maximum absolute atomic E-state index is 13.7. The lowest BCUT2D eigenvalue weighted by Gasteiger charge is -2.19. The van der Waals surface area contributed by atoms with Crippen LogP contribution in [-0.4, -0.2) is 28.4 Å². The van der Waals surface area contributed by atoms with Crippen molar-refractivity contribution in [2.45, 2.75) is 18.9 Å². The number of hydrogen-bond acceptors (Lipinski definition) is 3. The zero-order chi connectivity index (χ0) is 15.9. The van der Waals surface area contributed by atoms with E-state index >= 15 is 0 Å². The van der Waals surface area contributed by atoms with E-state index in [9.17, 15) is 23.5 Å². The topological polar surface area (TPSA) is 57.6 Å². The molecule has 0 bridgehead atoms. The molecule has 1 aromatic rings. The molecule has 0 aromatic heterocycles. The highest BCUT2D eigenvalue weighted by atomic mass is 19.1. The van der Waals surface area contributed by atoms with Gasteiger partial charge in [0.15, 0.2) is 0 Å². The number of aliphatic hydroxyl groups is 1. The predicted octanol–water partition coefficient (Wildman–Crippen LogP) is 1.95. The molecule has 3 rings (SSSR count). The van der Waals surface area contributed by atoms with Crippen LogP contribution in [0.3, 0.4) is 0 Å². The Balaban J connectivity index is 1.79. The first-order valence-electron chi connectivity index (χ1n) is 7.12. The van der Waals surface area contributed by atoms with Crippen molar-refractivity contribution in [3.8, 4) is 0 Å². The SMILES string of the molecule is O=C1C2CC=CCC2C(=O)N1CC(O)c1cc(F)ccc1F. The molecular weight excluding hydrogens is 292 g/mol. The first kappa shape index (κ1) is 14.8. The number of amides is 2. The lowest BCUT2D eigenvalue weighted by Crippen LogP contribution is -2.35. The van der Waals surface area contributed by atoms with E-state index in [0.717, 1.165) is 23.1 Å². The van der Waals surface area contributed by atoms with Crippen LogP contribution in [0.25, 0.3) is 0 Å². The van der Waals surface area contributed by atoms with Crippen molar-refractivity contribution >= 4 is 11.8 Å². The summed E-state index contributed by atoms with van der Waals surface area (Å²) >= 11 is 0. The van der Waals surface area contributed by atoms with Gasteiger partial charge in [-0.2, -0.15) is 0 Å². The average molecular weight is 307 g/mol. The lowest BCUT2D eigenvalue weighted by atomic mass is 9.85. The van der Waals surface area contributed by atoms with Gasteiger partial charge in [-0.3, -0.25) is 14.5 Å². The van der Waals surface area contributed by atoms with E-state index in [0.29, 0.717) is 12.8 Å². The molecule has 22 heavy (non-hydrogen) atoms. The molecule has 3 unspecified atom stereocenters. The fraction of sp³-hybridized carbons (Fsp3) is 0.375. The molecule has 0 spiro atoms. The second-order valence-corrected chi connectivity index (χ2v) is 5.62. The number of likely N-dealkylation sites (tertiary alicyclic amines) is 1. The van der Waals surface area contributed by atoms with Crippen molar-refractivity contribution in [3.05, 3.63) is 47.5 Å². The maximum Gasteiger partial charge on any atom is 0.233 e. The lowest BCUT2D eigenvalue weighted by molar-refractivity contribution is -0.141. The van der Waals surface area contributed by atoms with Crippen molar-refractivity contribution < 1.29 is 23.5 Å². The normalized spacial score (nSPS) is 25.5. The number of rotatable bonds is 3. The summed E-state index contributed by atoms with van der Waals surface area (Å²) in [6, 6.07) is 2.72. The van der Waals surface area contributed by atoms with Crippen LogP contribution in [0, 0.1) is 23.5 Å². The summed E-state index contributed by atoms with van der Waals surface area (Å²) in [5.41, 5.74) is -0.256. The number of aliphatic hydroxyl groups excluding tert-OH is 1. The number of hydrogen-bond donors (Lipinski definition) is 1. The van der Waals surface area contributed by atoms with Gasteiger partial charge in [0.25, 0.3) is 0 Å². The molecule has 116 valence electrons. The third kappa shape index (κ3) is 2.43. The van der Waals surface area contributed by atoms with E-state index in [1.165, 1.54) is 0 Å². The number of carbonyl (C=O) groups is 2. The number of nitrogens with zero attached hydrogens (tertiary/aromatic N) is 1. The summed E-state index contributed by atoms with van der Waals surface area (Å²) in [7, 11) is 0. The average Bonchev–Trinajstić information content (AvgIpc) is 2.75. The van der Waals surface area contributed by atoms with Crippen LogP contribution < -0.4 is 0 Å². The van der Waals surface area contributed by atoms with Gasteiger partial charge in [0, 0.05) is 5.56 Å². The number of imide groups is 1. The van der Waals surface area contributed by atoms with E-state index in [1.807, 2.05) is 12.2 Å². The Hall–Kier alpha value is -2.08. The summed E-state index contributed by atoms with van der Waals surface area (Å²) in [5, 5.41) is 10.1. The quantitative estimate of drug-likeness (QED) is 0.686. The second-order valence-electron chi connectivity index (χ2n) is 5.62. The second kappa shape index (κ2) is 5.61. The van der Waals surface area contributed by atoms with E-state index in [4.69, 9.17) is 0 Å². The highest BCUT2D eigenvalue weighted by Gasteiger charge is 2.47. The van der Waals surface area contributed by atoms with Gasteiger partial charge in [0.2, 0.25) is 11.8 Å². The van der Waals surface area contributed by atoms with Gasteiger partial charge in [0.1, 0.15) is 11.6 Å². The van der Waals surface area contributed by atoms with Gasteiger partial charge >= 0.3 is 0 Å². The van der Waals surface area contributed by atoms with E-state index < -0.39 is 29.6 Å². The first-order chi connectivity index (χ1) is 10.5. The van der Waals surface area contributed by atoms with Crippen molar-refractivity contribution in [2.75, 3.05) is 6.54 Å².